The van der Waals surface area contributed by atoms with Crippen LogP contribution in [0.25, 0.3) is 11.1 Å². The molecule has 2 aromatic carbocycles. The van der Waals surface area contributed by atoms with E-state index in [-0.39, 0.29) is 57.1 Å². The summed E-state index contributed by atoms with van der Waals surface area (Å²) in [6, 6.07) is 15.6. The number of hydrogen-bond donors (Lipinski definition) is 0. The molecule has 4 nitrogen and oxygen atoms in total. The van der Waals surface area contributed by atoms with Gasteiger partial charge in [-0.2, -0.15) is 0 Å². The summed E-state index contributed by atoms with van der Waals surface area (Å²) in [4.78, 5) is 0. The normalized spacial score (nSPS) is 10.5. The van der Waals surface area contributed by atoms with Crippen molar-refractivity contribution < 1.29 is 68.5 Å². The summed E-state index contributed by atoms with van der Waals surface area (Å²) < 4.78 is 36.2. The van der Waals surface area contributed by atoms with Crippen molar-refractivity contribution in [2.75, 3.05) is 0 Å². The Labute approximate surface area is 148 Å². The van der Waals surface area contributed by atoms with E-state index in [2.05, 4.69) is 4.18 Å². The van der Waals surface area contributed by atoms with Crippen molar-refractivity contribution in [2.45, 2.75) is 0 Å². The van der Waals surface area contributed by atoms with Gasteiger partial charge in [-0.05, 0) is 11.6 Å². The summed E-state index contributed by atoms with van der Waals surface area (Å²) in [7, 11) is -4.76. The van der Waals surface area contributed by atoms with E-state index in [0.29, 0.717) is 5.56 Å². The number of benzene rings is 2. The molecule has 0 amide bonds. The van der Waals surface area contributed by atoms with Crippen LogP contribution in [0.2, 0.25) is 0 Å². The van der Waals surface area contributed by atoms with E-state index in [1.165, 1.54) is 6.07 Å². The molecule has 0 aromatic heterocycles. The van der Waals surface area contributed by atoms with Crippen molar-refractivity contribution in [3.05, 3.63) is 54.6 Å². The Bertz CT molecular complexity index is 611. The van der Waals surface area contributed by atoms with Crippen LogP contribution in [0.5, 0.6) is 5.75 Å². The summed E-state index contributed by atoms with van der Waals surface area (Å²) >= 11 is 0. The Kier molecular flexibility index (Phi) is 5.99. The molecular formula is C12H9KO4S. The second-order valence-electron chi connectivity index (χ2n) is 3.35. The Morgan fingerprint density at radius 1 is 0.889 bits per heavy atom. The third-order valence-electron chi connectivity index (χ3n) is 2.16. The average molecular weight is 294 g/mol. The van der Waals surface area contributed by atoms with Crippen molar-refractivity contribution in [2.24, 2.45) is 0 Å². The number of rotatable bonds is 3. The molecule has 0 heterocycles. The molecule has 2 rings (SSSR count). The molecule has 0 fully saturated rings. The van der Waals surface area contributed by atoms with Gasteiger partial charge in [0.15, 0.2) is 0 Å². The molecule has 0 bridgehead atoms. The van der Waals surface area contributed by atoms with Gasteiger partial charge in [-0.15, -0.1) is 0 Å². The minimum atomic E-state index is -4.76. The van der Waals surface area contributed by atoms with Crippen LogP contribution >= 0.6 is 0 Å². The molecule has 0 aliphatic carbocycles. The monoisotopic (exact) mass is 294 g/mol. The standard InChI is InChI=1S/C12H10O4S.K/c13-17(14,15)16-12-9-5-4-8-11(12)10-6-2-1-3-7-10;/h1-9H,(H,13,14,15);/q;+1/p-1/i1+1,2+1,3+1,6+1,7+1,10+1;. The zero-order chi connectivity index (χ0) is 12.3. The maximum absolute atomic E-state index is 10.6. The van der Waals surface area contributed by atoms with Gasteiger partial charge in [-0.25, -0.2) is 8.42 Å². The van der Waals surface area contributed by atoms with Crippen molar-refractivity contribution in [3.8, 4) is 16.9 Å². The summed E-state index contributed by atoms with van der Waals surface area (Å²) in [5, 5.41) is 0. The quantitative estimate of drug-likeness (QED) is 0.422. The van der Waals surface area contributed by atoms with Crippen molar-refractivity contribution in [1.29, 1.82) is 0 Å². The van der Waals surface area contributed by atoms with E-state index < -0.39 is 10.4 Å². The summed E-state index contributed by atoms with van der Waals surface area (Å²) in [5.74, 6) is 0.0358. The molecule has 0 radical (unpaired) electrons. The molecular weight excluding hydrogens is 285 g/mol. The molecule has 0 saturated carbocycles. The first-order valence-corrected chi connectivity index (χ1v) is 6.19. The predicted octanol–water partition coefficient (Wildman–Crippen LogP) is -0.803. The maximum Gasteiger partial charge on any atom is 1.00 e. The maximum atomic E-state index is 10.6. The largest absolute Gasteiger partial charge is 1.00 e. The molecule has 6 heteroatoms. The SMILES string of the molecule is O=S(=O)([O-])Oc1ccccc1-[13c]1[13cH][13cH][13cH][13cH][13cH]1.[K+]. The van der Waals surface area contributed by atoms with Crippen LogP contribution in [0.15, 0.2) is 54.6 Å². The smallest absolute Gasteiger partial charge is 0.716 e. The van der Waals surface area contributed by atoms with Gasteiger partial charge in [-0.3, -0.25) is 0 Å². The van der Waals surface area contributed by atoms with E-state index in [9.17, 15) is 13.0 Å². The minimum Gasteiger partial charge on any atom is -0.716 e. The zero-order valence-electron chi connectivity index (χ0n) is 9.74. The molecule has 18 heavy (non-hydrogen) atoms. The van der Waals surface area contributed by atoms with Gasteiger partial charge >= 0.3 is 51.4 Å². The van der Waals surface area contributed by atoms with Crippen molar-refractivity contribution >= 4 is 10.4 Å². The Hall–Kier alpha value is -0.214. The summed E-state index contributed by atoms with van der Waals surface area (Å²) in [6.07, 6.45) is 0. The van der Waals surface area contributed by atoms with E-state index in [1.54, 1.807) is 30.3 Å². The van der Waals surface area contributed by atoms with Gasteiger partial charge in [0.25, 0.3) is 10.4 Å². The average Bonchev–Trinajstić information content (AvgIpc) is 2.29. The van der Waals surface area contributed by atoms with E-state index in [4.69, 9.17) is 0 Å². The van der Waals surface area contributed by atoms with E-state index >= 15 is 0 Å². The Morgan fingerprint density at radius 2 is 1.44 bits per heavy atom. The fourth-order valence-corrected chi connectivity index (χ4v) is 1.87. The molecule has 0 aliphatic heterocycles. The minimum absolute atomic E-state index is 0. The predicted molar refractivity (Wildman–Crippen MR) is 62.2 cm³/mol. The van der Waals surface area contributed by atoms with E-state index in [0.717, 1.165) is 5.56 Å². The van der Waals surface area contributed by atoms with Gasteiger partial charge in [0.05, 0.1) is 0 Å². The summed E-state index contributed by atoms with van der Waals surface area (Å²) in [6.45, 7) is 0. The zero-order valence-corrected chi connectivity index (χ0v) is 13.7. The van der Waals surface area contributed by atoms with Gasteiger partial charge in [-0.1, -0.05) is 48.5 Å². The van der Waals surface area contributed by atoms with Crippen molar-refractivity contribution in [3.63, 3.8) is 0 Å². The third-order valence-corrected chi connectivity index (χ3v) is 2.55. The molecule has 0 spiro atoms. The van der Waals surface area contributed by atoms with Crippen LogP contribution in [0.4, 0.5) is 0 Å². The molecule has 2 aromatic rings. The van der Waals surface area contributed by atoms with Crippen LogP contribution in [0.1, 0.15) is 0 Å². The second kappa shape index (κ2) is 6.81. The molecule has 88 valence electrons. The van der Waals surface area contributed by atoms with Gasteiger partial charge in [0, 0.05) is 5.56 Å². The van der Waals surface area contributed by atoms with Crippen LogP contribution in [-0.4, -0.2) is 13.0 Å². The first-order chi connectivity index (χ1) is 8.06. The third kappa shape index (κ3) is 4.47. The molecule has 0 saturated heterocycles. The Morgan fingerprint density at radius 3 is 2.06 bits per heavy atom. The first kappa shape index (κ1) is 15.8. The molecule has 0 aliphatic rings. The van der Waals surface area contributed by atoms with Crippen molar-refractivity contribution in [1.82, 2.24) is 0 Å². The number of hydrogen-bond acceptors (Lipinski definition) is 4. The van der Waals surface area contributed by atoms with Gasteiger partial charge in [0.1, 0.15) is 5.75 Å². The van der Waals surface area contributed by atoms with Crippen LogP contribution in [0, 0.1) is 0 Å². The first-order valence-electron chi connectivity index (χ1n) is 4.86. The van der Waals surface area contributed by atoms with E-state index in [1.807, 2.05) is 18.2 Å². The van der Waals surface area contributed by atoms with Crippen LogP contribution in [0.3, 0.4) is 0 Å². The molecule has 0 N–H and O–H groups in total. The second-order valence-corrected chi connectivity index (χ2v) is 4.34. The van der Waals surface area contributed by atoms with Crippen LogP contribution < -0.4 is 55.6 Å². The van der Waals surface area contributed by atoms with Gasteiger partial charge < -0.3 is 8.74 Å². The molecule has 0 unspecified atom stereocenters. The summed E-state index contributed by atoms with van der Waals surface area (Å²) in [5.41, 5.74) is 1.35. The molecule has 0 atom stereocenters. The van der Waals surface area contributed by atoms with Gasteiger partial charge in [0.2, 0.25) is 0 Å². The Balaban J connectivity index is 0.00000162. The topological polar surface area (TPSA) is 66.4 Å². The number of para-hydroxylation sites is 1. The van der Waals surface area contributed by atoms with Crippen LogP contribution in [-0.2, 0) is 10.4 Å². The fourth-order valence-electron chi connectivity index (χ4n) is 1.51. The fraction of sp³-hybridized carbons (Fsp3) is 0.